The highest BCUT2D eigenvalue weighted by Gasteiger charge is 2.43. The minimum atomic E-state index is -0.576. The van der Waals surface area contributed by atoms with E-state index in [1.165, 1.54) is 0 Å². The first-order chi connectivity index (χ1) is 13.0. The number of rotatable bonds is 4. The van der Waals surface area contributed by atoms with Gasteiger partial charge in [0, 0.05) is 11.6 Å². The molecule has 8 nitrogen and oxygen atoms in total. The molecular weight excluding hydrogens is 344 g/mol. The average molecular weight is 370 g/mol. The van der Waals surface area contributed by atoms with Gasteiger partial charge in [0.1, 0.15) is 11.4 Å². The van der Waals surface area contributed by atoms with Gasteiger partial charge in [0.15, 0.2) is 0 Å². The van der Waals surface area contributed by atoms with Crippen LogP contribution in [0.1, 0.15) is 55.3 Å². The number of nitrogens with two attached hydrogens (primary N) is 2. The monoisotopic (exact) mass is 370 g/mol. The van der Waals surface area contributed by atoms with E-state index in [4.69, 9.17) is 16.2 Å². The third-order valence-electron chi connectivity index (χ3n) is 5.45. The van der Waals surface area contributed by atoms with Crippen LogP contribution >= 0.6 is 0 Å². The maximum Gasteiger partial charge on any atom is 0.251 e. The highest BCUT2D eigenvalue weighted by atomic mass is 16.5. The molecular formula is C19H26N6O2. The Bertz CT molecular complexity index is 808. The lowest BCUT2D eigenvalue weighted by atomic mass is 9.87. The quantitative estimate of drug-likeness (QED) is 0.745. The van der Waals surface area contributed by atoms with Crippen molar-refractivity contribution in [2.24, 2.45) is 21.5 Å². The van der Waals surface area contributed by atoms with Crippen molar-refractivity contribution in [3.8, 4) is 5.75 Å². The van der Waals surface area contributed by atoms with E-state index < -0.39 is 5.66 Å². The minimum absolute atomic E-state index is 0.0883. The zero-order chi connectivity index (χ0) is 19.0. The summed E-state index contributed by atoms with van der Waals surface area (Å²) in [6, 6.07) is 5.66. The minimum Gasteiger partial charge on any atom is -0.495 e. The SMILES string of the molecule is COc1ccc(C(=O)NC2CC2)cc1N1C(N)=NC(N)=NC12CCCCC2. The third-order valence-corrected chi connectivity index (χ3v) is 5.45. The number of benzene rings is 1. The Morgan fingerprint density at radius 2 is 2.00 bits per heavy atom. The van der Waals surface area contributed by atoms with Crippen LogP contribution < -0.4 is 26.4 Å². The molecule has 3 aliphatic rings. The molecule has 0 radical (unpaired) electrons. The Morgan fingerprint density at radius 3 is 2.67 bits per heavy atom. The zero-order valence-electron chi connectivity index (χ0n) is 15.6. The molecule has 1 amide bonds. The van der Waals surface area contributed by atoms with Gasteiger partial charge < -0.3 is 21.5 Å². The van der Waals surface area contributed by atoms with Crippen molar-refractivity contribution in [1.82, 2.24) is 5.32 Å². The summed E-state index contributed by atoms with van der Waals surface area (Å²) in [4.78, 5) is 23.3. The molecule has 1 aromatic carbocycles. The van der Waals surface area contributed by atoms with Crippen LogP contribution in [0, 0.1) is 0 Å². The van der Waals surface area contributed by atoms with Crippen LogP contribution in [0.3, 0.4) is 0 Å². The molecule has 1 aliphatic heterocycles. The summed E-state index contributed by atoms with van der Waals surface area (Å²) in [7, 11) is 1.60. The van der Waals surface area contributed by atoms with Crippen LogP contribution in [0.25, 0.3) is 0 Å². The van der Waals surface area contributed by atoms with E-state index >= 15 is 0 Å². The molecule has 0 aromatic heterocycles. The highest BCUT2D eigenvalue weighted by molar-refractivity contribution is 6.07. The van der Waals surface area contributed by atoms with Gasteiger partial charge in [0.25, 0.3) is 5.91 Å². The van der Waals surface area contributed by atoms with Crippen molar-refractivity contribution in [3.05, 3.63) is 23.8 Å². The fourth-order valence-corrected chi connectivity index (χ4v) is 3.97. The van der Waals surface area contributed by atoms with Crippen LogP contribution in [-0.4, -0.2) is 36.6 Å². The van der Waals surface area contributed by atoms with Gasteiger partial charge in [-0.2, -0.15) is 4.99 Å². The van der Waals surface area contributed by atoms with Gasteiger partial charge in [-0.1, -0.05) is 6.42 Å². The lowest BCUT2D eigenvalue weighted by molar-refractivity contribution is 0.0951. The van der Waals surface area contributed by atoms with E-state index in [2.05, 4.69) is 15.3 Å². The van der Waals surface area contributed by atoms with Gasteiger partial charge in [-0.15, -0.1) is 0 Å². The second-order valence-corrected chi connectivity index (χ2v) is 7.45. The summed E-state index contributed by atoms with van der Waals surface area (Å²) in [5, 5.41) is 3.02. The van der Waals surface area contributed by atoms with E-state index in [1.54, 1.807) is 19.2 Å². The van der Waals surface area contributed by atoms with Gasteiger partial charge in [-0.05, 0) is 56.7 Å². The van der Waals surface area contributed by atoms with Gasteiger partial charge >= 0.3 is 0 Å². The molecule has 5 N–H and O–H groups in total. The lowest BCUT2D eigenvalue weighted by Crippen LogP contribution is -2.58. The summed E-state index contributed by atoms with van der Waals surface area (Å²) in [5.74, 6) is 1.01. The Kier molecular flexibility index (Phi) is 4.41. The topological polar surface area (TPSA) is 118 Å². The van der Waals surface area contributed by atoms with Gasteiger partial charge in [0.05, 0.1) is 12.8 Å². The Morgan fingerprint density at radius 1 is 1.26 bits per heavy atom. The number of carbonyl (C=O) groups excluding carboxylic acids is 1. The molecule has 2 aliphatic carbocycles. The van der Waals surface area contributed by atoms with E-state index in [0.29, 0.717) is 23.0 Å². The van der Waals surface area contributed by atoms with Gasteiger partial charge in [-0.25, -0.2) is 4.99 Å². The van der Waals surface area contributed by atoms with Crippen LogP contribution in [0.4, 0.5) is 5.69 Å². The smallest absolute Gasteiger partial charge is 0.251 e. The van der Waals surface area contributed by atoms with Crippen LogP contribution in [0.2, 0.25) is 0 Å². The number of hydrogen-bond donors (Lipinski definition) is 3. The third kappa shape index (κ3) is 3.31. The molecule has 4 rings (SSSR count). The second kappa shape index (κ2) is 6.75. The summed E-state index contributed by atoms with van der Waals surface area (Å²) in [5.41, 5.74) is 12.9. The molecule has 1 spiro atoms. The molecule has 0 atom stereocenters. The number of guanidine groups is 2. The van der Waals surface area contributed by atoms with E-state index in [9.17, 15) is 4.79 Å². The predicted molar refractivity (Wildman–Crippen MR) is 105 cm³/mol. The van der Waals surface area contributed by atoms with Crippen LogP contribution in [0.5, 0.6) is 5.75 Å². The van der Waals surface area contributed by atoms with Gasteiger partial charge in [0.2, 0.25) is 11.9 Å². The highest BCUT2D eigenvalue weighted by Crippen LogP contribution is 2.42. The molecule has 144 valence electrons. The fraction of sp³-hybridized carbons (Fsp3) is 0.526. The number of aliphatic imine (C=N–C) groups is 2. The molecule has 0 unspecified atom stereocenters. The first kappa shape index (κ1) is 17.6. The molecule has 2 saturated carbocycles. The fourth-order valence-electron chi connectivity index (χ4n) is 3.97. The van der Waals surface area contributed by atoms with Crippen LogP contribution in [-0.2, 0) is 0 Å². The number of nitrogens with one attached hydrogen (secondary N) is 1. The van der Waals surface area contributed by atoms with Crippen molar-refractivity contribution >= 4 is 23.5 Å². The zero-order valence-corrected chi connectivity index (χ0v) is 15.6. The molecule has 1 aromatic rings. The first-order valence-electron chi connectivity index (χ1n) is 9.51. The second-order valence-electron chi connectivity index (χ2n) is 7.45. The largest absolute Gasteiger partial charge is 0.495 e. The molecule has 27 heavy (non-hydrogen) atoms. The molecule has 1 heterocycles. The number of anilines is 1. The van der Waals surface area contributed by atoms with Crippen molar-refractivity contribution in [1.29, 1.82) is 0 Å². The summed E-state index contributed by atoms with van der Waals surface area (Å²) in [6.07, 6.45) is 6.95. The summed E-state index contributed by atoms with van der Waals surface area (Å²) in [6.45, 7) is 0. The normalized spacial score (nSPS) is 21.4. The van der Waals surface area contributed by atoms with E-state index in [-0.39, 0.29) is 17.8 Å². The van der Waals surface area contributed by atoms with E-state index in [0.717, 1.165) is 44.9 Å². The van der Waals surface area contributed by atoms with Crippen molar-refractivity contribution in [3.63, 3.8) is 0 Å². The Balaban J connectivity index is 1.76. The maximum atomic E-state index is 12.6. The maximum absolute atomic E-state index is 12.6. The van der Waals surface area contributed by atoms with E-state index in [1.807, 2.05) is 11.0 Å². The molecule has 2 fully saturated rings. The summed E-state index contributed by atoms with van der Waals surface area (Å²) < 4.78 is 5.57. The number of carbonyl (C=O) groups is 1. The molecule has 0 saturated heterocycles. The number of hydrogen-bond acceptors (Lipinski definition) is 7. The average Bonchev–Trinajstić information content (AvgIpc) is 3.45. The molecule has 8 heteroatoms. The van der Waals surface area contributed by atoms with Crippen molar-refractivity contribution in [2.45, 2.75) is 56.7 Å². The lowest BCUT2D eigenvalue weighted by Gasteiger charge is -2.45. The number of methoxy groups -OCH3 is 1. The van der Waals surface area contributed by atoms with Crippen LogP contribution in [0.15, 0.2) is 28.2 Å². The Hall–Kier alpha value is -2.77. The van der Waals surface area contributed by atoms with Crippen molar-refractivity contribution in [2.75, 3.05) is 12.0 Å². The van der Waals surface area contributed by atoms with Crippen molar-refractivity contribution < 1.29 is 9.53 Å². The predicted octanol–water partition coefficient (Wildman–Crippen LogP) is 1.70. The summed E-state index contributed by atoms with van der Waals surface area (Å²) >= 11 is 0. The standard InChI is InChI=1S/C19H26N6O2/c1-27-15-8-5-12(16(26)22-13-6-7-13)11-14(15)25-18(21)23-17(20)24-19(25)9-3-2-4-10-19/h5,8,11,13H,2-4,6-7,9-10H2,1H3,(H,22,26)(H4,20,21,23,24). The number of amides is 1. The number of nitrogens with zero attached hydrogens (tertiary/aromatic N) is 3. The number of ether oxygens (including phenoxy) is 1. The first-order valence-corrected chi connectivity index (χ1v) is 9.51. The Labute approximate surface area is 158 Å². The van der Waals surface area contributed by atoms with Gasteiger partial charge in [-0.3, -0.25) is 9.69 Å². The molecule has 0 bridgehead atoms.